The van der Waals surface area contributed by atoms with Crippen molar-refractivity contribution in [3.63, 3.8) is 0 Å². The molecule has 0 amide bonds. The van der Waals surface area contributed by atoms with Crippen LogP contribution >= 0.6 is 0 Å². The average molecular weight is 226 g/mol. The quantitative estimate of drug-likeness (QED) is 0.400. The summed E-state index contributed by atoms with van der Waals surface area (Å²) in [6, 6.07) is 0. The zero-order chi connectivity index (χ0) is 7.28. The molecule has 0 aromatic rings. The van der Waals surface area contributed by atoms with Crippen molar-refractivity contribution in [1.82, 2.24) is 0 Å². The third-order valence-corrected chi connectivity index (χ3v) is 0.699. The number of Topliss-reactive ketones (excluding diaryl/α,β-unsaturated/α-hetero) is 1. The summed E-state index contributed by atoms with van der Waals surface area (Å²) < 4.78 is 4.49. The summed E-state index contributed by atoms with van der Waals surface area (Å²) in [6.45, 7) is 3.40. The largest absolute Gasteiger partial charge is 0.466 e. The van der Waals surface area contributed by atoms with Gasteiger partial charge in [0.15, 0.2) is 0 Å². The van der Waals surface area contributed by atoms with Crippen LogP contribution in [0.25, 0.3) is 0 Å². The van der Waals surface area contributed by atoms with E-state index < -0.39 is 5.97 Å². The second-order valence-electron chi connectivity index (χ2n) is 1.68. The summed E-state index contributed by atoms with van der Waals surface area (Å²) >= 11 is 0. The van der Waals surface area contributed by atoms with Crippen LogP contribution in [0.3, 0.4) is 0 Å². The van der Waals surface area contributed by atoms with Gasteiger partial charge in [0.25, 0.3) is 0 Å². The molecule has 0 rings (SSSR count). The van der Waals surface area contributed by atoms with Gasteiger partial charge in [0.1, 0.15) is 12.2 Å². The molecule has 5 heteroatoms. The SMILES string of the molecule is CCOC(=O)CC(C)=O.[Ti].[Ti]. The van der Waals surface area contributed by atoms with Crippen molar-refractivity contribution in [2.45, 2.75) is 20.3 Å². The molecule has 0 aromatic carbocycles. The van der Waals surface area contributed by atoms with Gasteiger partial charge < -0.3 is 4.74 Å². The molecule has 0 N–H and O–H groups in total. The van der Waals surface area contributed by atoms with E-state index in [9.17, 15) is 9.59 Å². The van der Waals surface area contributed by atoms with Crippen molar-refractivity contribution in [2.75, 3.05) is 6.61 Å². The van der Waals surface area contributed by atoms with Gasteiger partial charge in [-0.2, -0.15) is 0 Å². The van der Waals surface area contributed by atoms with Gasteiger partial charge in [-0.15, -0.1) is 0 Å². The Morgan fingerprint density at radius 2 is 1.73 bits per heavy atom. The number of hydrogen-bond donors (Lipinski definition) is 0. The number of carbonyl (C=O) groups is 2. The van der Waals surface area contributed by atoms with Gasteiger partial charge in [-0.3, -0.25) is 9.59 Å². The maximum absolute atomic E-state index is 10.4. The molecule has 0 aromatic heterocycles. The first-order chi connectivity index (χ1) is 4.16. The van der Waals surface area contributed by atoms with Crippen molar-refractivity contribution in [3.05, 3.63) is 0 Å². The molecule has 60 valence electrons. The molecule has 0 saturated carbocycles. The molecule has 0 spiro atoms. The predicted molar refractivity (Wildman–Crippen MR) is 31.9 cm³/mol. The topological polar surface area (TPSA) is 43.4 Å². The Labute approximate surface area is 96.0 Å². The maximum atomic E-state index is 10.4. The fourth-order valence-electron chi connectivity index (χ4n) is 0.415. The maximum Gasteiger partial charge on any atom is 0.313 e. The van der Waals surface area contributed by atoms with Crippen LogP contribution in [-0.2, 0) is 57.8 Å². The predicted octanol–water partition coefficient (Wildman–Crippen LogP) is 0.524. The first kappa shape index (κ1) is 17.6. The monoisotopic (exact) mass is 226 g/mol. The van der Waals surface area contributed by atoms with Crippen LogP contribution in [0.2, 0.25) is 0 Å². The summed E-state index contributed by atoms with van der Waals surface area (Å²) in [7, 11) is 0. The van der Waals surface area contributed by atoms with Gasteiger partial charge >= 0.3 is 5.97 Å². The van der Waals surface area contributed by atoms with Crippen molar-refractivity contribution in [1.29, 1.82) is 0 Å². The Morgan fingerprint density at radius 1 is 1.27 bits per heavy atom. The van der Waals surface area contributed by atoms with Crippen molar-refractivity contribution < 1.29 is 57.8 Å². The molecule has 0 saturated heterocycles. The number of ketones is 1. The Hall–Kier alpha value is 0.569. The molecule has 0 aliphatic heterocycles. The zero-order valence-electron chi connectivity index (χ0n) is 6.64. The summed E-state index contributed by atoms with van der Waals surface area (Å²) in [4.78, 5) is 20.6. The summed E-state index contributed by atoms with van der Waals surface area (Å²) in [6.07, 6.45) is -0.103. The van der Waals surface area contributed by atoms with Crippen LogP contribution in [0.1, 0.15) is 20.3 Å². The van der Waals surface area contributed by atoms with Crippen LogP contribution in [0.5, 0.6) is 0 Å². The molecule has 0 bridgehead atoms. The number of hydrogen-bond acceptors (Lipinski definition) is 3. The number of rotatable bonds is 3. The van der Waals surface area contributed by atoms with E-state index in [-0.39, 0.29) is 55.6 Å². The Balaban J connectivity index is -0.000000320. The van der Waals surface area contributed by atoms with Crippen molar-refractivity contribution >= 4 is 11.8 Å². The molecule has 0 aliphatic carbocycles. The zero-order valence-corrected chi connectivity index (χ0v) is 9.76. The molecule has 11 heavy (non-hydrogen) atoms. The molecular formula is C6H10O3Ti2. The summed E-state index contributed by atoms with van der Waals surface area (Å²) in [5, 5.41) is 0. The van der Waals surface area contributed by atoms with Gasteiger partial charge in [-0.1, -0.05) is 0 Å². The number of carbonyl (C=O) groups excluding carboxylic acids is 2. The first-order valence-electron chi connectivity index (χ1n) is 2.82. The second-order valence-corrected chi connectivity index (χ2v) is 1.68. The van der Waals surface area contributed by atoms with Crippen molar-refractivity contribution in [2.24, 2.45) is 0 Å². The average Bonchev–Trinajstić information content (AvgIpc) is 1.63. The Bertz CT molecular complexity index is 125. The van der Waals surface area contributed by atoms with Crippen molar-refractivity contribution in [3.8, 4) is 0 Å². The number of esters is 1. The van der Waals surface area contributed by atoms with E-state index in [4.69, 9.17) is 0 Å². The smallest absolute Gasteiger partial charge is 0.313 e. The van der Waals surface area contributed by atoms with Crippen LogP contribution in [0, 0.1) is 0 Å². The van der Waals surface area contributed by atoms with E-state index >= 15 is 0 Å². The molecule has 3 nitrogen and oxygen atoms in total. The minimum absolute atomic E-state index is 0. The minimum atomic E-state index is -0.440. The van der Waals surface area contributed by atoms with Crippen LogP contribution in [-0.4, -0.2) is 18.4 Å². The second kappa shape index (κ2) is 10.6. The molecule has 0 aliphatic rings. The van der Waals surface area contributed by atoms with E-state index in [1.807, 2.05) is 0 Å². The van der Waals surface area contributed by atoms with E-state index in [1.54, 1.807) is 6.92 Å². The molecule has 0 heterocycles. The van der Waals surface area contributed by atoms with Gasteiger partial charge in [-0.05, 0) is 13.8 Å². The molecular weight excluding hydrogens is 216 g/mol. The Kier molecular flexibility index (Phi) is 16.9. The van der Waals surface area contributed by atoms with Gasteiger partial charge in [0.05, 0.1) is 6.61 Å². The fraction of sp³-hybridized carbons (Fsp3) is 0.667. The number of ether oxygens (including phenoxy) is 1. The third kappa shape index (κ3) is 13.5. The summed E-state index contributed by atoms with van der Waals surface area (Å²) in [5.41, 5.74) is 0. The van der Waals surface area contributed by atoms with E-state index in [0.717, 1.165) is 0 Å². The molecule has 0 radical (unpaired) electrons. The van der Waals surface area contributed by atoms with Gasteiger partial charge in [0, 0.05) is 43.4 Å². The molecule has 0 fully saturated rings. The molecule has 0 atom stereocenters. The minimum Gasteiger partial charge on any atom is -0.466 e. The summed E-state index contributed by atoms with van der Waals surface area (Å²) in [5.74, 6) is -0.599. The Morgan fingerprint density at radius 3 is 2.00 bits per heavy atom. The third-order valence-electron chi connectivity index (χ3n) is 0.699. The van der Waals surface area contributed by atoms with Gasteiger partial charge in [-0.25, -0.2) is 0 Å². The molecule has 0 unspecified atom stereocenters. The van der Waals surface area contributed by atoms with Crippen LogP contribution < -0.4 is 0 Å². The first-order valence-corrected chi connectivity index (χ1v) is 2.82. The normalized spacial score (nSPS) is 7.09. The van der Waals surface area contributed by atoms with Gasteiger partial charge in [0.2, 0.25) is 0 Å². The van der Waals surface area contributed by atoms with E-state index in [1.165, 1.54) is 6.92 Å². The van der Waals surface area contributed by atoms with E-state index in [2.05, 4.69) is 4.74 Å². The van der Waals surface area contributed by atoms with Crippen LogP contribution in [0.4, 0.5) is 0 Å². The standard InChI is InChI=1S/C6H10O3.2Ti/c1-3-9-6(8)4-5(2)7;;/h3-4H2,1-2H3;;. The fourth-order valence-corrected chi connectivity index (χ4v) is 0.415. The van der Waals surface area contributed by atoms with E-state index in [0.29, 0.717) is 6.61 Å². The van der Waals surface area contributed by atoms with Crippen LogP contribution in [0.15, 0.2) is 0 Å².